The Kier molecular flexibility index (Phi) is 6.00. The molecule has 0 saturated heterocycles. The molecular formula is C12H20N2O2S. The summed E-state index contributed by atoms with van der Waals surface area (Å²) < 4.78 is 5.42. The molecule has 3 N–H and O–H groups in total. The van der Waals surface area contributed by atoms with Gasteiger partial charge in [0.05, 0.1) is 5.69 Å². The summed E-state index contributed by atoms with van der Waals surface area (Å²) in [6.07, 6.45) is 0.823. The molecule has 0 atom stereocenters. The molecule has 0 radical (unpaired) electrons. The molecule has 0 aliphatic rings. The van der Waals surface area contributed by atoms with Crippen molar-refractivity contribution in [2.24, 2.45) is 5.92 Å². The van der Waals surface area contributed by atoms with E-state index in [0.717, 1.165) is 13.0 Å². The molecule has 0 saturated carbocycles. The van der Waals surface area contributed by atoms with Crippen LogP contribution in [0.25, 0.3) is 0 Å². The van der Waals surface area contributed by atoms with Crippen molar-refractivity contribution >= 4 is 22.9 Å². The maximum atomic E-state index is 11.6. The van der Waals surface area contributed by atoms with E-state index in [1.54, 1.807) is 6.07 Å². The Morgan fingerprint density at radius 2 is 2.35 bits per heavy atom. The summed E-state index contributed by atoms with van der Waals surface area (Å²) >= 11 is 1.36. The van der Waals surface area contributed by atoms with Crippen molar-refractivity contribution < 1.29 is 9.53 Å². The van der Waals surface area contributed by atoms with Crippen LogP contribution in [0.2, 0.25) is 0 Å². The van der Waals surface area contributed by atoms with Gasteiger partial charge in [-0.3, -0.25) is 4.79 Å². The van der Waals surface area contributed by atoms with Crippen molar-refractivity contribution in [3.63, 3.8) is 0 Å². The molecule has 1 heterocycles. The first-order chi connectivity index (χ1) is 8.11. The van der Waals surface area contributed by atoms with Gasteiger partial charge < -0.3 is 15.8 Å². The Hall–Kier alpha value is -1.07. The van der Waals surface area contributed by atoms with Crippen molar-refractivity contribution in [1.29, 1.82) is 0 Å². The average Bonchev–Trinajstić information content (AvgIpc) is 2.69. The fourth-order valence-electron chi connectivity index (χ4n) is 1.28. The summed E-state index contributed by atoms with van der Waals surface area (Å²) in [5.74, 6) is 0.455. The maximum absolute atomic E-state index is 11.6. The Bertz CT molecular complexity index is 350. The minimum absolute atomic E-state index is 0.0960. The second kappa shape index (κ2) is 7.29. The standard InChI is InChI=1S/C12H20N2O2S/c1-9(2)8-16-6-3-5-14-12(15)11-10(13)4-7-17-11/h4,7,9H,3,5-6,8,13H2,1-2H3,(H,14,15). The van der Waals surface area contributed by atoms with Gasteiger partial charge in [-0.25, -0.2) is 0 Å². The lowest BCUT2D eigenvalue weighted by molar-refractivity contribution is 0.0929. The lowest BCUT2D eigenvalue weighted by Crippen LogP contribution is -2.25. The van der Waals surface area contributed by atoms with E-state index in [4.69, 9.17) is 10.5 Å². The smallest absolute Gasteiger partial charge is 0.263 e. The lowest BCUT2D eigenvalue weighted by atomic mass is 10.2. The third-order valence-corrected chi connectivity index (χ3v) is 3.03. The maximum Gasteiger partial charge on any atom is 0.263 e. The largest absolute Gasteiger partial charge is 0.397 e. The molecule has 1 aromatic heterocycles. The van der Waals surface area contributed by atoms with Gasteiger partial charge in [-0.1, -0.05) is 13.8 Å². The predicted octanol–water partition coefficient (Wildman–Crippen LogP) is 2.12. The van der Waals surface area contributed by atoms with Gasteiger partial charge in [-0.15, -0.1) is 11.3 Å². The van der Waals surface area contributed by atoms with Crippen LogP contribution in [-0.4, -0.2) is 25.7 Å². The summed E-state index contributed by atoms with van der Waals surface area (Å²) in [5, 5.41) is 4.64. The molecule has 0 fully saturated rings. The number of nitrogens with one attached hydrogen (secondary N) is 1. The highest BCUT2D eigenvalue weighted by Gasteiger charge is 2.09. The molecule has 0 bridgehead atoms. The number of rotatable bonds is 7. The van der Waals surface area contributed by atoms with Gasteiger partial charge in [-0.05, 0) is 23.8 Å². The van der Waals surface area contributed by atoms with Crippen LogP contribution in [0.5, 0.6) is 0 Å². The number of hydrogen-bond acceptors (Lipinski definition) is 4. The zero-order chi connectivity index (χ0) is 12.7. The fourth-order valence-corrected chi connectivity index (χ4v) is 2.01. The third kappa shape index (κ3) is 5.19. The monoisotopic (exact) mass is 256 g/mol. The number of carbonyl (C=O) groups excluding carboxylic acids is 1. The minimum atomic E-state index is -0.0960. The summed E-state index contributed by atoms with van der Waals surface area (Å²) in [4.78, 5) is 12.2. The van der Waals surface area contributed by atoms with Crippen LogP contribution < -0.4 is 11.1 Å². The molecule has 4 nitrogen and oxygen atoms in total. The molecule has 5 heteroatoms. The van der Waals surface area contributed by atoms with E-state index in [1.807, 2.05) is 5.38 Å². The van der Waals surface area contributed by atoms with Gasteiger partial charge in [0.2, 0.25) is 0 Å². The number of carbonyl (C=O) groups is 1. The molecular weight excluding hydrogens is 236 g/mol. The Morgan fingerprint density at radius 3 is 2.94 bits per heavy atom. The molecule has 0 spiro atoms. The number of thiophene rings is 1. The number of nitrogens with two attached hydrogens (primary N) is 1. The van der Waals surface area contributed by atoms with Gasteiger partial charge in [0.25, 0.3) is 5.91 Å². The van der Waals surface area contributed by atoms with Gasteiger partial charge >= 0.3 is 0 Å². The molecule has 0 unspecified atom stereocenters. The van der Waals surface area contributed by atoms with Crippen LogP contribution in [0.1, 0.15) is 29.9 Å². The van der Waals surface area contributed by atoms with E-state index in [9.17, 15) is 4.79 Å². The number of ether oxygens (including phenoxy) is 1. The minimum Gasteiger partial charge on any atom is -0.397 e. The van der Waals surface area contributed by atoms with Crippen LogP contribution in [0, 0.1) is 5.92 Å². The van der Waals surface area contributed by atoms with E-state index in [2.05, 4.69) is 19.2 Å². The second-order valence-corrected chi connectivity index (χ2v) is 5.20. The molecule has 1 rings (SSSR count). The number of anilines is 1. The number of amides is 1. The highest BCUT2D eigenvalue weighted by Crippen LogP contribution is 2.18. The quantitative estimate of drug-likeness (QED) is 0.734. The summed E-state index contributed by atoms with van der Waals surface area (Å²) in [6.45, 7) is 6.29. The van der Waals surface area contributed by atoms with E-state index in [0.29, 0.717) is 29.6 Å². The van der Waals surface area contributed by atoms with E-state index in [1.165, 1.54) is 11.3 Å². The van der Waals surface area contributed by atoms with Crippen LogP contribution >= 0.6 is 11.3 Å². The lowest BCUT2D eigenvalue weighted by Gasteiger charge is -2.07. The first-order valence-corrected chi connectivity index (χ1v) is 6.68. The SMILES string of the molecule is CC(C)COCCCNC(=O)c1sccc1N. The van der Waals surface area contributed by atoms with Crippen LogP contribution in [0.15, 0.2) is 11.4 Å². The summed E-state index contributed by atoms with van der Waals surface area (Å²) in [5.41, 5.74) is 6.20. The number of hydrogen-bond donors (Lipinski definition) is 2. The van der Waals surface area contributed by atoms with Crippen molar-refractivity contribution in [2.75, 3.05) is 25.5 Å². The van der Waals surface area contributed by atoms with Gasteiger partial charge in [-0.2, -0.15) is 0 Å². The third-order valence-electron chi connectivity index (χ3n) is 2.10. The van der Waals surface area contributed by atoms with Gasteiger partial charge in [0.15, 0.2) is 0 Å². The predicted molar refractivity (Wildman–Crippen MR) is 71.3 cm³/mol. The normalized spacial score (nSPS) is 10.8. The molecule has 96 valence electrons. The number of nitrogen functional groups attached to an aromatic ring is 1. The molecule has 1 aromatic rings. The zero-order valence-corrected chi connectivity index (χ0v) is 11.2. The highest BCUT2D eigenvalue weighted by molar-refractivity contribution is 7.12. The van der Waals surface area contributed by atoms with Crippen molar-refractivity contribution in [3.8, 4) is 0 Å². The topological polar surface area (TPSA) is 64.3 Å². The van der Waals surface area contributed by atoms with Gasteiger partial charge in [0, 0.05) is 19.8 Å². The summed E-state index contributed by atoms with van der Waals surface area (Å²) in [7, 11) is 0. The molecule has 17 heavy (non-hydrogen) atoms. The van der Waals surface area contributed by atoms with Crippen LogP contribution in [0.4, 0.5) is 5.69 Å². The van der Waals surface area contributed by atoms with Crippen molar-refractivity contribution in [1.82, 2.24) is 5.32 Å². The molecule has 0 aromatic carbocycles. The van der Waals surface area contributed by atoms with Gasteiger partial charge in [0.1, 0.15) is 4.88 Å². The van der Waals surface area contributed by atoms with E-state index in [-0.39, 0.29) is 5.91 Å². The van der Waals surface area contributed by atoms with E-state index < -0.39 is 0 Å². The van der Waals surface area contributed by atoms with Crippen LogP contribution in [0.3, 0.4) is 0 Å². The highest BCUT2D eigenvalue weighted by atomic mass is 32.1. The fraction of sp³-hybridized carbons (Fsp3) is 0.583. The van der Waals surface area contributed by atoms with Crippen LogP contribution in [-0.2, 0) is 4.74 Å². The Labute approximate surface area is 106 Å². The molecule has 0 aliphatic carbocycles. The first kappa shape index (κ1) is 14.0. The van der Waals surface area contributed by atoms with E-state index >= 15 is 0 Å². The summed E-state index contributed by atoms with van der Waals surface area (Å²) in [6, 6.07) is 1.74. The first-order valence-electron chi connectivity index (χ1n) is 5.80. The molecule has 0 aliphatic heterocycles. The van der Waals surface area contributed by atoms with Crippen molar-refractivity contribution in [2.45, 2.75) is 20.3 Å². The average molecular weight is 256 g/mol. The Morgan fingerprint density at radius 1 is 1.59 bits per heavy atom. The molecule has 1 amide bonds. The second-order valence-electron chi connectivity index (χ2n) is 4.28. The van der Waals surface area contributed by atoms with Crippen molar-refractivity contribution in [3.05, 3.63) is 16.3 Å². The zero-order valence-electron chi connectivity index (χ0n) is 10.4. The Balaban J connectivity index is 2.11.